The van der Waals surface area contributed by atoms with Crippen LogP contribution in [-0.2, 0) is 19.4 Å². The molecule has 3 aromatic heterocycles. The molecule has 0 bridgehead atoms. The van der Waals surface area contributed by atoms with E-state index in [-0.39, 0.29) is 23.7 Å². The van der Waals surface area contributed by atoms with Crippen molar-refractivity contribution in [3.63, 3.8) is 0 Å². The number of amides is 1. The fourth-order valence-corrected chi connectivity index (χ4v) is 3.23. The van der Waals surface area contributed by atoms with Crippen LogP contribution in [0.25, 0.3) is 11.0 Å². The van der Waals surface area contributed by atoms with E-state index in [0.717, 1.165) is 37.0 Å². The molecule has 2 N–H and O–H groups in total. The van der Waals surface area contributed by atoms with Gasteiger partial charge in [-0.2, -0.15) is 0 Å². The average molecular weight is 425 g/mol. The smallest absolute Gasteiger partial charge is 0.273 e. The average Bonchev–Trinajstić information content (AvgIpc) is 3.39. The van der Waals surface area contributed by atoms with Crippen molar-refractivity contribution in [2.45, 2.75) is 38.6 Å². The highest BCUT2D eigenvalue weighted by Gasteiger charge is 2.13. The van der Waals surface area contributed by atoms with Crippen LogP contribution in [0.4, 0.5) is 8.78 Å². The number of rotatable bonds is 9. The molecule has 0 unspecified atom stereocenters. The van der Waals surface area contributed by atoms with Gasteiger partial charge in [0.05, 0.1) is 23.3 Å². The Morgan fingerprint density at radius 1 is 1.10 bits per heavy atom. The number of aryl methyl sites for hydroxylation is 2. The van der Waals surface area contributed by atoms with Crippen molar-refractivity contribution in [1.82, 2.24) is 25.3 Å². The van der Waals surface area contributed by atoms with Gasteiger partial charge in [0, 0.05) is 19.0 Å². The van der Waals surface area contributed by atoms with E-state index in [1.165, 1.54) is 36.7 Å². The van der Waals surface area contributed by atoms with Crippen molar-refractivity contribution in [1.29, 1.82) is 0 Å². The fraction of sp³-hybridized carbons (Fsp3) is 0.273. The molecule has 0 fully saturated rings. The summed E-state index contributed by atoms with van der Waals surface area (Å²) in [5, 5.41) is 2.58. The third kappa shape index (κ3) is 5.30. The first kappa shape index (κ1) is 20.6. The second-order valence-electron chi connectivity index (χ2n) is 7.15. The van der Waals surface area contributed by atoms with Crippen LogP contribution in [0.2, 0.25) is 0 Å². The van der Waals surface area contributed by atoms with Gasteiger partial charge in [0.2, 0.25) is 0 Å². The zero-order chi connectivity index (χ0) is 21.6. The van der Waals surface area contributed by atoms with Crippen LogP contribution in [0.3, 0.4) is 0 Å². The highest BCUT2D eigenvalue weighted by Crippen LogP contribution is 2.15. The Labute approximate surface area is 176 Å². The highest BCUT2D eigenvalue weighted by atomic mass is 19.1. The minimum atomic E-state index is -0.474. The van der Waals surface area contributed by atoms with E-state index in [0.29, 0.717) is 17.8 Å². The van der Waals surface area contributed by atoms with Crippen molar-refractivity contribution < 1.29 is 18.0 Å². The minimum absolute atomic E-state index is 0.0257. The molecule has 0 aliphatic heterocycles. The molecule has 1 aromatic carbocycles. The Bertz CT molecular complexity index is 1190. The first-order chi connectivity index (χ1) is 15.1. The molecule has 0 saturated carbocycles. The molecule has 0 spiro atoms. The highest BCUT2D eigenvalue weighted by molar-refractivity contribution is 5.91. The predicted molar refractivity (Wildman–Crippen MR) is 109 cm³/mol. The lowest BCUT2D eigenvalue weighted by molar-refractivity contribution is 0.0945. The van der Waals surface area contributed by atoms with Crippen molar-refractivity contribution >= 4 is 16.9 Å². The molecule has 0 atom stereocenters. The van der Waals surface area contributed by atoms with Crippen LogP contribution in [0.5, 0.6) is 0 Å². The molecule has 3 heterocycles. The quantitative estimate of drug-likeness (QED) is 0.394. The molecule has 4 rings (SSSR count). The summed E-state index contributed by atoms with van der Waals surface area (Å²) in [5.41, 5.74) is 1.77. The zero-order valence-corrected chi connectivity index (χ0v) is 16.7. The van der Waals surface area contributed by atoms with Gasteiger partial charge in [0.25, 0.3) is 5.91 Å². The standard InChI is InChI=1S/C22H21F2N5O2/c23-14-8-9-16-17(11-14)28-20(27-16)6-2-1-3-7-21-29-19(13-31-21)22(30)26-12-18-15(24)5-4-10-25-18/h4-5,8-11,13H,1-3,6-7,12H2,(H,26,30)(H,27,28). The van der Waals surface area contributed by atoms with Gasteiger partial charge < -0.3 is 14.7 Å². The summed E-state index contributed by atoms with van der Waals surface area (Å²) < 4.78 is 32.2. The predicted octanol–water partition coefficient (Wildman–Crippen LogP) is 4.11. The summed E-state index contributed by atoms with van der Waals surface area (Å²) in [6, 6.07) is 7.27. The molecule has 0 radical (unpaired) electrons. The van der Waals surface area contributed by atoms with E-state index in [4.69, 9.17) is 4.42 Å². The number of pyridine rings is 1. The summed E-state index contributed by atoms with van der Waals surface area (Å²) in [6.07, 6.45) is 6.81. The molecule has 0 aliphatic carbocycles. The number of nitrogens with zero attached hydrogens (tertiary/aromatic N) is 3. The molecule has 0 saturated heterocycles. The maximum absolute atomic E-state index is 13.6. The summed E-state index contributed by atoms with van der Waals surface area (Å²) in [6.45, 7) is -0.0257. The SMILES string of the molecule is O=C(NCc1ncccc1F)c1coc(CCCCCc2nc3ccc(F)cc3[nH]2)n1. The van der Waals surface area contributed by atoms with Gasteiger partial charge in [0.1, 0.15) is 23.7 Å². The number of hydrogen-bond donors (Lipinski definition) is 2. The molecule has 0 aliphatic rings. The number of fused-ring (bicyclic) bond motifs is 1. The van der Waals surface area contributed by atoms with Crippen LogP contribution >= 0.6 is 0 Å². The molecule has 1 amide bonds. The van der Waals surface area contributed by atoms with Crippen LogP contribution in [0.1, 0.15) is 47.2 Å². The number of carbonyl (C=O) groups is 1. The number of benzene rings is 1. The van der Waals surface area contributed by atoms with Crippen molar-refractivity contribution in [3.05, 3.63) is 77.5 Å². The van der Waals surface area contributed by atoms with E-state index in [1.54, 1.807) is 6.07 Å². The van der Waals surface area contributed by atoms with Gasteiger partial charge in [0.15, 0.2) is 11.6 Å². The van der Waals surface area contributed by atoms with Gasteiger partial charge in [-0.05, 0) is 43.2 Å². The Morgan fingerprint density at radius 2 is 1.97 bits per heavy atom. The maximum Gasteiger partial charge on any atom is 0.273 e. The fourth-order valence-electron chi connectivity index (χ4n) is 3.23. The lowest BCUT2D eigenvalue weighted by Gasteiger charge is -2.03. The minimum Gasteiger partial charge on any atom is -0.448 e. The second kappa shape index (κ2) is 9.46. The molecule has 31 heavy (non-hydrogen) atoms. The Hall–Kier alpha value is -3.62. The van der Waals surface area contributed by atoms with E-state index >= 15 is 0 Å². The van der Waals surface area contributed by atoms with Gasteiger partial charge in [-0.1, -0.05) is 6.42 Å². The lowest BCUT2D eigenvalue weighted by atomic mass is 10.1. The summed E-state index contributed by atoms with van der Waals surface area (Å²) in [7, 11) is 0. The van der Waals surface area contributed by atoms with Crippen molar-refractivity contribution in [3.8, 4) is 0 Å². The van der Waals surface area contributed by atoms with Gasteiger partial charge in [-0.3, -0.25) is 9.78 Å². The molecule has 9 heteroatoms. The molecule has 4 aromatic rings. The number of oxazole rings is 1. The monoisotopic (exact) mass is 425 g/mol. The van der Waals surface area contributed by atoms with Crippen LogP contribution in [0.15, 0.2) is 47.2 Å². The summed E-state index contributed by atoms with van der Waals surface area (Å²) >= 11 is 0. The van der Waals surface area contributed by atoms with Gasteiger partial charge in [-0.25, -0.2) is 18.7 Å². The number of H-pyrrole nitrogens is 1. The number of aromatic nitrogens is 4. The van der Waals surface area contributed by atoms with Crippen molar-refractivity contribution in [2.24, 2.45) is 0 Å². The normalized spacial score (nSPS) is 11.2. The molecular weight excluding hydrogens is 404 g/mol. The number of nitrogens with one attached hydrogen (secondary N) is 2. The number of hydrogen-bond acceptors (Lipinski definition) is 5. The number of carbonyl (C=O) groups excluding carboxylic acids is 1. The third-order valence-corrected chi connectivity index (χ3v) is 4.83. The maximum atomic E-state index is 13.6. The first-order valence-corrected chi connectivity index (χ1v) is 10.0. The van der Waals surface area contributed by atoms with E-state index in [1.807, 2.05) is 0 Å². The van der Waals surface area contributed by atoms with Gasteiger partial charge in [-0.15, -0.1) is 0 Å². The van der Waals surface area contributed by atoms with E-state index in [2.05, 4.69) is 25.3 Å². The summed E-state index contributed by atoms with van der Waals surface area (Å²) in [5.74, 6) is 0.110. The van der Waals surface area contributed by atoms with Crippen molar-refractivity contribution in [2.75, 3.05) is 0 Å². The number of unbranched alkanes of at least 4 members (excludes halogenated alkanes) is 2. The Morgan fingerprint density at radius 3 is 2.84 bits per heavy atom. The van der Waals surface area contributed by atoms with Gasteiger partial charge >= 0.3 is 0 Å². The Kier molecular flexibility index (Phi) is 6.30. The van der Waals surface area contributed by atoms with E-state index in [9.17, 15) is 13.6 Å². The number of imidazole rings is 1. The molecule has 160 valence electrons. The third-order valence-electron chi connectivity index (χ3n) is 4.83. The summed E-state index contributed by atoms with van der Waals surface area (Å²) in [4.78, 5) is 27.8. The van der Waals surface area contributed by atoms with Crippen LogP contribution < -0.4 is 5.32 Å². The lowest BCUT2D eigenvalue weighted by Crippen LogP contribution is -2.24. The molecular formula is C22H21F2N5O2. The van der Waals surface area contributed by atoms with E-state index < -0.39 is 11.7 Å². The number of halogens is 2. The topological polar surface area (TPSA) is 96.7 Å². The van der Waals surface area contributed by atoms with Crippen LogP contribution in [0, 0.1) is 11.6 Å². The second-order valence-corrected chi connectivity index (χ2v) is 7.15. The molecule has 7 nitrogen and oxygen atoms in total. The zero-order valence-electron chi connectivity index (χ0n) is 16.7. The number of aromatic amines is 1. The largest absolute Gasteiger partial charge is 0.448 e. The Balaban J connectivity index is 1.19. The first-order valence-electron chi connectivity index (χ1n) is 10.0. The van der Waals surface area contributed by atoms with Crippen LogP contribution in [-0.4, -0.2) is 25.8 Å².